The summed E-state index contributed by atoms with van der Waals surface area (Å²) in [6.45, 7) is 6.48. The molecule has 7 aromatic rings. The van der Waals surface area contributed by atoms with E-state index < -0.39 is 143 Å². The second-order valence-corrected chi connectivity index (χ2v) is 22.8. The average Bonchev–Trinajstić information content (AvgIpc) is 0.768. The number of nitrogens with one attached hydrogen (secondary N) is 2. The van der Waals surface area contributed by atoms with Gasteiger partial charge < -0.3 is 100 Å². The molecule has 0 unspecified atom stereocenters. The zero-order chi connectivity index (χ0) is 60.2. The van der Waals surface area contributed by atoms with Crippen LogP contribution in [-0.4, -0.2) is 147 Å². The average molecular weight is 1160 g/mol. The molecular weight excluding hydrogens is 1090 g/mol. The highest BCUT2D eigenvalue weighted by Gasteiger charge is 2.50. The van der Waals surface area contributed by atoms with Gasteiger partial charge in [0.25, 0.3) is 0 Å². The van der Waals surface area contributed by atoms with Gasteiger partial charge in [0.2, 0.25) is 0 Å². The van der Waals surface area contributed by atoms with Crippen LogP contribution in [0.3, 0.4) is 0 Å². The van der Waals surface area contributed by atoms with E-state index in [1.54, 1.807) is 38.1 Å². The summed E-state index contributed by atoms with van der Waals surface area (Å²) in [7, 11) is 2.75. The van der Waals surface area contributed by atoms with Crippen molar-refractivity contribution < 1.29 is 99.3 Å². The van der Waals surface area contributed by atoms with Crippen molar-refractivity contribution in [1.29, 1.82) is 0 Å². The zero-order valence-electron chi connectivity index (χ0n) is 46.8. The van der Waals surface area contributed by atoms with Gasteiger partial charge in [-0.05, 0) is 51.0 Å². The number of aliphatic hydroxyl groups excluding tert-OH is 2. The van der Waals surface area contributed by atoms with E-state index in [2.05, 4.69) is 10.6 Å². The van der Waals surface area contributed by atoms with Crippen molar-refractivity contribution in [3.63, 3.8) is 0 Å². The van der Waals surface area contributed by atoms with Gasteiger partial charge >= 0.3 is 0 Å². The molecular formula is C62H68N2O20. The van der Waals surface area contributed by atoms with Gasteiger partial charge in [0.1, 0.15) is 68.7 Å². The Bertz CT molecular complexity index is 3530. The molecule has 4 aliphatic rings. The minimum atomic E-state index is -2.07. The largest absolute Gasteiger partial charge is 0.507 e. The van der Waals surface area contributed by atoms with Crippen molar-refractivity contribution in [3.05, 3.63) is 94.0 Å². The summed E-state index contributed by atoms with van der Waals surface area (Å²) in [5.41, 5.74) is -2.63. The molecule has 2 aliphatic heterocycles. The normalized spacial score (nSPS) is 27.9. The van der Waals surface area contributed by atoms with Crippen molar-refractivity contribution in [2.75, 3.05) is 14.2 Å². The van der Waals surface area contributed by atoms with Crippen LogP contribution in [0.25, 0.3) is 43.1 Å². The Labute approximate surface area is 480 Å². The summed E-state index contributed by atoms with van der Waals surface area (Å²) >= 11 is 0. The highest BCUT2D eigenvalue weighted by atomic mass is 16.7. The second-order valence-electron chi connectivity index (χ2n) is 22.8. The molecule has 2 aliphatic carbocycles. The molecule has 22 heteroatoms. The number of carbonyl (C=O) groups is 2. The van der Waals surface area contributed by atoms with Gasteiger partial charge in [-0.3, -0.25) is 9.59 Å². The summed E-state index contributed by atoms with van der Waals surface area (Å²) in [4.78, 5) is 26.0. The van der Waals surface area contributed by atoms with Gasteiger partial charge in [0.05, 0.1) is 95.2 Å². The molecule has 0 saturated carbocycles. The van der Waals surface area contributed by atoms with Crippen LogP contribution in [0.2, 0.25) is 0 Å². The first-order valence-corrected chi connectivity index (χ1v) is 27.7. The van der Waals surface area contributed by atoms with E-state index in [1.807, 2.05) is 24.3 Å². The first kappa shape index (κ1) is 58.3. The molecule has 2 heterocycles. The molecule has 7 aromatic carbocycles. The number of aromatic hydroxyl groups is 8. The predicted molar refractivity (Wildman–Crippen MR) is 303 cm³/mol. The molecule has 84 heavy (non-hydrogen) atoms. The number of ether oxygens (including phenoxy) is 6. The van der Waals surface area contributed by atoms with Crippen molar-refractivity contribution in [3.8, 4) is 57.5 Å². The Morgan fingerprint density at radius 2 is 0.881 bits per heavy atom. The van der Waals surface area contributed by atoms with E-state index in [1.165, 1.54) is 40.2 Å². The highest BCUT2D eigenvalue weighted by Crippen LogP contribution is 2.60. The Balaban J connectivity index is 0.731. The van der Waals surface area contributed by atoms with Crippen molar-refractivity contribution in [1.82, 2.24) is 10.6 Å². The minimum Gasteiger partial charge on any atom is -0.507 e. The fourth-order valence-electron chi connectivity index (χ4n) is 13.1. The van der Waals surface area contributed by atoms with Crippen molar-refractivity contribution in [2.45, 2.75) is 152 Å². The van der Waals surface area contributed by atoms with E-state index in [9.17, 15) is 70.9 Å². The molecule has 0 radical (unpaired) electrons. The summed E-state index contributed by atoms with van der Waals surface area (Å²) in [5.74, 6) is -5.12. The summed E-state index contributed by atoms with van der Waals surface area (Å²) in [6, 6.07) is 15.7. The molecule has 0 spiro atoms. The number of fused-ring (bicyclic) bond motifs is 6. The number of hydrogen-bond acceptors (Lipinski definition) is 22. The summed E-state index contributed by atoms with van der Waals surface area (Å²) in [5, 5.41) is 146. The van der Waals surface area contributed by atoms with Crippen molar-refractivity contribution >= 4 is 54.7 Å². The smallest absolute Gasteiger partial charge is 0.161 e. The lowest BCUT2D eigenvalue weighted by Gasteiger charge is -2.42. The van der Waals surface area contributed by atoms with E-state index in [0.29, 0.717) is 13.1 Å². The van der Waals surface area contributed by atoms with Crippen LogP contribution < -0.4 is 20.1 Å². The van der Waals surface area contributed by atoms with Crippen molar-refractivity contribution in [2.24, 2.45) is 0 Å². The van der Waals surface area contributed by atoms with E-state index >= 15 is 0 Å². The molecule has 0 bridgehead atoms. The minimum absolute atomic E-state index is 0.0333. The van der Waals surface area contributed by atoms with E-state index in [4.69, 9.17) is 28.4 Å². The van der Waals surface area contributed by atoms with E-state index in [-0.39, 0.29) is 103 Å². The molecule has 446 valence electrons. The van der Waals surface area contributed by atoms with Gasteiger partial charge in [-0.1, -0.05) is 48.5 Å². The molecule has 2 saturated heterocycles. The number of phenols is 8. The number of phenolic OH excluding ortho intramolecular Hbond substituents is 8. The predicted octanol–water partition coefficient (Wildman–Crippen LogP) is 5.92. The molecule has 0 aromatic heterocycles. The monoisotopic (exact) mass is 1160 g/mol. The van der Waals surface area contributed by atoms with Crippen LogP contribution in [-0.2, 0) is 54.5 Å². The van der Waals surface area contributed by atoms with Gasteiger partial charge in [-0.2, -0.15) is 0 Å². The SMILES string of the molecule is COc1cccc2c(O)c3c(O)c4c(c(O)c3c(O)c12)[C@@H](O[C@H]1C[C@H](O)[C@H](NCc2ccc(CN[C@@H]3[C@H](C)O[C@@H](O[C@H]5C[C@](O)(C(C)=O)Cc6c5c(O)c5c(O)c7c(OC)cccc7c(O)c5c6O)C[C@@H]3O)cc2)[C@H](C)O1)C[C@](O)(C(C)=O)C4. The lowest BCUT2D eigenvalue weighted by Crippen LogP contribution is -2.55. The van der Waals surface area contributed by atoms with Gasteiger partial charge in [-0.25, -0.2) is 0 Å². The number of carbonyl (C=O) groups excluding carboxylic acids is 2. The fourth-order valence-corrected chi connectivity index (χ4v) is 13.1. The number of hydrogen-bond donors (Lipinski definition) is 14. The molecule has 0 amide bonds. The molecule has 11 rings (SSSR count). The lowest BCUT2D eigenvalue weighted by molar-refractivity contribution is -0.247. The first-order chi connectivity index (χ1) is 39.9. The second kappa shape index (κ2) is 21.9. The number of methoxy groups -OCH3 is 2. The number of aliphatic hydroxyl groups is 4. The number of benzene rings is 7. The van der Waals surface area contributed by atoms with Gasteiger partial charge in [0.15, 0.2) is 24.1 Å². The first-order valence-electron chi connectivity index (χ1n) is 27.7. The Hall–Kier alpha value is -7.48. The zero-order valence-corrected chi connectivity index (χ0v) is 46.8. The van der Waals surface area contributed by atoms with Crippen LogP contribution in [0.15, 0.2) is 60.7 Å². The number of Topliss-reactive ketones (excluding diaryl/α,β-unsaturated/α-hetero) is 2. The quantitative estimate of drug-likeness (QED) is 0.0444. The van der Waals surface area contributed by atoms with Gasteiger partial charge in [-0.15, -0.1) is 0 Å². The van der Waals surface area contributed by atoms with E-state index in [0.717, 1.165) is 11.1 Å². The summed E-state index contributed by atoms with van der Waals surface area (Å²) < 4.78 is 36.2. The topological polar surface area (TPSA) is 356 Å². The third-order valence-corrected chi connectivity index (χ3v) is 17.7. The fraction of sp³-hybridized carbons (Fsp3) is 0.419. The van der Waals surface area contributed by atoms with Gasteiger partial charge in [0, 0.05) is 84.6 Å². The Morgan fingerprint density at radius 3 is 1.21 bits per heavy atom. The molecule has 14 N–H and O–H groups in total. The van der Waals surface area contributed by atoms with Crippen LogP contribution in [0, 0.1) is 0 Å². The lowest BCUT2D eigenvalue weighted by atomic mass is 9.74. The maximum absolute atomic E-state index is 13.0. The number of ketones is 2. The van der Waals surface area contributed by atoms with Crippen LogP contribution >= 0.6 is 0 Å². The third kappa shape index (κ3) is 9.63. The molecule has 22 nitrogen and oxygen atoms in total. The molecule has 2 fully saturated rings. The highest BCUT2D eigenvalue weighted by molar-refractivity contribution is 6.18. The number of rotatable bonds is 14. The van der Waals surface area contributed by atoms with Crippen LogP contribution in [0.4, 0.5) is 0 Å². The summed E-state index contributed by atoms with van der Waals surface area (Å²) in [6.07, 6.45) is -10.1. The maximum atomic E-state index is 13.0. The Morgan fingerprint density at radius 1 is 0.524 bits per heavy atom. The van der Waals surface area contributed by atoms with Crippen LogP contribution in [0.1, 0.15) is 99.0 Å². The standard InChI is InChI=1S/C62H68N2O20/c1-25-51(35(67)17-41(81-25)83-39-21-61(77,27(3)65)19-33-45(39)59(75)49-47(55(33)71)53(69)31-9-7-11-37(79-5)43(31)57(49)73)63-23-29-13-15-30(16-14-29)24-64-52-26(2)82-42(18-36(52)68)84-40-22-62(78,28(4)66)20-34-46(40)60(76)50-48(56(34)72)54(70)32-10-8-12-38(80-6)44(32)58(50)74/h7-16,25-26,35-36,39-42,51-52,63-64,67-78H,17-24H2,1-6H3/t25-,26-,35-,36-,39-,40-,41-,42-,51+,52+,61-,62-/m0/s1. The maximum Gasteiger partial charge on any atom is 0.161 e. The Kier molecular flexibility index (Phi) is 15.2. The van der Waals surface area contributed by atoms with Crippen LogP contribution in [0.5, 0.6) is 57.5 Å². The molecule has 12 atom stereocenters. The third-order valence-electron chi connectivity index (χ3n) is 17.7.